The third-order valence-corrected chi connectivity index (χ3v) is 3.64. The van der Waals surface area contributed by atoms with E-state index < -0.39 is 5.60 Å². The second-order valence-corrected chi connectivity index (χ2v) is 6.00. The molecule has 0 radical (unpaired) electrons. The topological polar surface area (TPSA) is 58.6 Å². The van der Waals surface area contributed by atoms with Crippen molar-refractivity contribution < 1.29 is 19.0 Å². The Morgan fingerprint density at radius 3 is 2.46 bits per heavy atom. The van der Waals surface area contributed by atoms with Crippen molar-refractivity contribution in [3.8, 4) is 5.75 Å². The molecule has 2 N–H and O–H groups in total. The molecule has 5 heteroatoms. The van der Waals surface area contributed by atoms with E-state index in [0.717, 1.165) is 0 Å². The molecule has 0 aliphatic carbocycles. The van der Waals surface area contributed by atoms with Crippen LogP contribution in [0.5, 0.6) is 5.75 Å². The van der Waals surface area contributed by atoms with Crippen molar-refractivity contribution in [3.05, 3.63) is 66.0 Å². The van der Waals surface area contributed by atoms with Crippen LogP contribution in [0.15, 0.2) is 54.6 Å². The van der Waals surface area contributed by atoms with E-state index >= 15 is 0 Å². The second kappa shape index (κ2) is 7.93. The molecule has 0 aromatic heterocycles. The van der Waals surface area contributed by atoms with Crippen molar-refractivity contribution >= 4 is 5.91 Å². The lowest BCUT2D eigenvalue weighted by Crippen LogP contribution is -2.37. The third kappa shape index (κ3) is 5.35. The molecule has 0 saturated heterocycles. The number of hydrogen-bond acceptors (Lipinski definition) is 3. The fourth-order valence-corrected chi connectivity index (χ4v) is 2.32. The maximum atomic E-state index is 12.8. The van der Waals surface area contributed by atoms with E-state index in [1.54, 1.807) is 26.0 Å². The number of rotatable bonds is 7. The Morgan fingerprint density at radius 1 is 1.21 bits per heavy atom. The molecule has 0 saturated carbocycles. The van der Waals surface area contributed by atoms with E-state index in [0.29, 0.717) is 17.9 Å². The van der Waals surface area contributed by atoms with Gasteiger partial charge in [-0.2, -0.15) is 0 Å². The average Bonchev–Trinajstić information content (AvgIpc) is 2.56. The Morgan fingerprint density at radius 2 is 1.83 bits per heavy atom. The summed E-state index contributed by atoms with van der Waals surface area (Å²) >= 11 is 0. The van der Waals surface area contributed by atoms with Crippen LogP contribution in [0.2, 0.25) is 0 Å². The Bertz CT molecular complexity index is 656. The molecule has 128 valence electrons. The zero-order chi connectivity index (χ0) is 17.6. The van der Waals surface area contributed by atoms with Crippen LogP contribution in [0.25, 0.3) is 0 Å². The van der Waals surface area contributed by atoms with Gasteiger partial charge in [-0.25, -0.2) is 4.39 Å². The SMILES string of the molecule is CC(CNC(=O)CC(C)(O)c1ccccc1)Oc1ccc(F)cc1. The number of nitrogens with one attached hydrogen (secondary N) is 1. The predicted molar refractivity (Wildman–Crippen MR) is 90.1 cm³/mol. The lowest BCUT2D eigenvalue weighted by atomic mass is 9.92. The highest BCUT2D eigenvalue weighted by atomic mass is 19.1. The molecule has 2 unspecified atom stereocenters. The Kier molecular flexibility index (Phi) is 5.93. The maximum Gasteiger partial charge on any atom is 0.223 e. The zero-order valence-electron chi connectivity index (χ0n) is 13.8. The van der Waals surface area contributed by atoms with Crippen molar-refractivity contribution in [2.75, 3.05) is 6.54 Å². The van der Waals surface area contributed by atoms with Crippen LogP contribution in [0, 0.1) is 5.82 Å². The Balaban J connectivity index is 1.81. The lowest BCUT2D eigenvalue weighted by Gasteiger charge is -2.24. The summed E-state index contributed by atoms with van der Waals surface area (Å²) in [5.74, 6) is -0.0562. The Labute approximate surface area is 141 Å². The van der Waals surface area contributed by atoms with Gasteiger partial charge in [0.05, 0.1) is 18.6 Å². The summed E-state index contributed by atoms with van der Waals surface area (Å²) in [6.45, 7) is 3.71. The van der Waals surface area contributed by atoms with E-state index in [-0.39, 0.29) is 24.2 Å². The van der Waals surface area contributed by atoms with E-state index in [4.69, 9.17) is 4.74 Å². The summed E-state index contributed by atoms with van der Waals surface area (Å²) in [6, 6.07) is 14.8. The summed E-state index contributed by atoms with van der Waals surface area (Å²) < 4.78 is 18.4. The molecule has 0 spiro atoms. The standard InChI is InChI=1S/C19H22FNO3/c1-14(24-17-10-8-16(20)9-11-17)13-21-18(22)12-19(2,23)15-6-4-3-5-7-15/h3-11,14,23H,12-13H2,1-2H3,(H,21,22). The molecule has 1 amide bonds. The second-order valence-electron chi connectivity index (χ2n) is 6.00. The number of benzene rings is 2. The number of halogens is 1. The van der Waals surface area contributed by atoms with Crippen molar-refractivity contribution in [1.82, 2.24) is 5.32 Å². The minimum absolute atomic E-state index is 0.0414. The molecule has 24 heavy (non-hydrogen) atoms. The summed E-state index contributed by atoms with van der Waals surface area (Å²) in [6.07, 6.45) is -0.318. The van der Waals surface area contributed by atoms with Gasteiger partial charge in [-0.15, -0.1) is 0 Å². The molecule has 2 aromatic rings. The van der Waals surface area contributed by atoms with Gasteiger partial charge in [-0.1, -0.05) is 30.3 Å². The number of carbonyl (C=O) groups excluding carboxylic acids is 1. The number of hydrogen-bond donors (Lipinski definition) is 2. The molecule has 0 aliphatic rings. The van der Waals surface area contributed by atoms with Crippen LogP contribution < -0.4 is 10.1 Å². The van der Waals surface area contributed by atoms with Gasteiger partial charge in [0.1, 0.15) is 17.7 Å². The smallest absolute Gasteiger partial charge is 0.223 e. The number of carbonyl (C=O) groups is 1. The first-order valence-electron chi connectivity index (χ1n) is 7.83. The number of ether oxygens (including phenoxy) is 1. The van der Waals surface area contributed by atoms with E-state index in [2.05, 4.69) is 5.32 Å². The van der Waals surface area contributed by atoms with Crippen LogP contribution >= 0.6 is 0 Å². The van der Waals surface area contributed by atoms with Crippen molar-refractivity contribution in [1.29, 1.82) is 0 Å². The van der Waals surface area contributed by atoms with E-state index in [1.165, 1.54) is 24.3 Å². The molecule has 2 rings (SSSR count). The first-order chi connectivity index (χ1) is 11.4. The highest BCUT2D eigenvalue weighted by Gasteiger charge is 2.26. The van der Waals surface area contributed by atoms with Crippen molar-refractivity contribution in [2.24, 2.45) is 0 Å². The fraction of sp³-hybridized carbons (Fsp3) is 0.316. The summed E-state index contributed by atoms with van der Waals surface area (Å²) in [5, 5.41) is 13.2. The fourth-order valence-electron chi connectivity index (χ4n) is 2.32. The van der Waals surface area contributed by atoms with Gasteiger partial charge >= 0.3 is 0 Å². The van der Waals surface area contributed by atoms with Gasteiger partial charge in [0.25, 0.3) is 0 Å². The maximum absolute atomic E-state index is 12.8. The minimum atomic E-state index is -1.23. The number of amides is 1. The van der Waals surface area contributed by atoms with Gasteiger partial charge in [0.2, 0.25) is 5.91 Å². The highest BCUT2D eigenvalue weighted by molar-refractivity contribution is 5.77. The van der Waals surface area contributed by atoms with Crippen LogP contribution in [0.1, 0.15) is 25.8 Å². The van der Waals surface area contributed by atoms with Gasteiger partial charge in [0.15, 0.2) is 0 Å². The monoisotopic (exact) mass is 331 g/mol. The van der Waals surface area contributed by atoms with Gasteiger partial charge < -0.3 is 15.2 Å². The molecular weight excluding hydrogens is 309 g/mol. The molecule has 0 heterocycles. The Hall–Kier alpha value is -2.40. The molecule has 0 fully saturated rings. The normalized spacial score (nSPS) is 14.5. The molecular formula is C19H22FNO3. The van der Waals surface area contributed by atoms with Crippen molar-refractivity contribution in [3.63, 3.8) is 0 Å². The predicted octanol–water partition coefficient (Wildman–Crippen LogP) is 3.01. The summed E-state index contributed by atoms with van der Waals surface area (Å²) in [5.41, 5.74) is -0.539. The first-order valence-corrected chi connectivity index (χ1v) is 7.83. The summed E-state index contributed by atoms with van der Waals surface area (Å²) in [4.78, 5) is 12.1. The van der Waals surface area contributed by atoms with Gasteiger partial charge in [-0.05, 0) is 43.7 Å². The molecule has 0 bridgehead atoms. The highest BCUT2D eigenvalue weighted by Crippen LogP contribution is 2.23. The zero-order valence-corrected chi connectivity index (χ0v) is 13.8. The lowest BCUT2D eigenvalue weighted by molar-refractivity contribution is -0.126. The van der Waals surface area contributed by atoms with Crippen LogP contribution in [-0.4, -0.2) is 23.7 Å². The van der Waals surface area contributed by atoms with Gasteiger partial charge in [0, 0.05) is 0 Å². The molecule has 2 aromatic carbocycles. The van der Waals surface area contributed by atoms with E-state index in [1.807, 2.05) is 18.2 Å². The number of aliphatic hydroxyl groups is 1. The minimum Gasteiger partial charge on any atom is -0.489 e. The van der Waals surface area contributed by atoms with Crippen LogP contribution in [0.3, 0.4) is 0 Å². The quantitative estimate of drug-likeness (QED) is 0.820. The summed E-state index contributed by atoms with van der Waals surface area (Å²) in [7, 11) is 0. The average molecular weight is 331 g/mol. The largest absolute Gasteiger partial charge is 0.489 e. The third-order valence-electron chi connectivity index (χ3n) is 3.64. The molecule has 2 atom stereocenters. The first kappa shape index (κ1) is 17.9. The molecule has 0 aliphatic heterocycles. The molecule has 4 nitrogen and oxygen atoms in total. The van der Waals surface area contributed by atoms with Gasteiger partial charge in [-0.3, -0.25) is 4.79 Å². The van der Waals surface area contributed by atoms with Crippen molar-refractivity contribution in [2.45, 2.75) is 32.0 Å². The van der Waals surface area contributed by atoms with Crippen LogP contribution in [-0.2, 0) is 10.4 Å². The van der Waals surface area contributed by atoms with E-state index in [9.17, 15) is 14.3 Å². The van der Waals surface area contributed by atoms with Crippen LogP contribution in [0.4, 0.5) is 4.39 Å².